The Kier molecular flexibility index (Phi) is 7.21. The third-order valence-electron chi connectivity index (χ3n) is 4.87. The summed E-state index contributed by atoms with van der Waals surface area (Å²) in [5.41, 5.74) is 6.29. The molecule has 1 aromatic rings. The molecule has 1 aliphatic carbocycles. The molecule has 1 saturated carbocycles. The van der Waals surface area contributed by atoms with E-state index in [2.05, 4.69) is 15.6 Å². The van der Waals surface area contributed by atoms with Crippen molar-refractivity contribution in [2.45, 2.75) is 57.5 Å². The molecule has 4 N–H and O–H groups in total. The van der Waals surface area contributed by atoms with Crippen molar-refractivity contribution in [3.05, 3.63) is 30.3 Å². The average Bonchev–Trinajstić information content (AvgIpc) is 2.61. The van der Waals surface area contributed by atoms with Crippen LogP contribution in [0.2, 0.25) is 0 Å². The number of nitrogens with two attached hydrogens (primary N) is 1. The topological polar surface area (TPSA) is 99.8 Å². The summed E-state index contributed by atoms with van der Waals surface area (Å²) >= 11 is 0. The summed E-state index contributed by atoms with van der Waals surface area (Å²) < 4.78 is 0. The number of aliphatic imine (C=N–C) groups is 1. The van der Waals surface area contributed by atoms with Gasteiger partial charge in [-0.3, -0.25) is 9.69 Å². The van der Waals surface area contributed by atoms with Crippen LogP contribution in [0.25, 0.3) is 0 Å². The van der Waals surface area contributed by atoms with Gasteiger partial charge < -0.3 is 16.4 Å². The van der Waals surface area contributed by atoms with Crippen LogP contribution in [0.15, 0.2) is 35.3 Å². The minimum Gasteiger partial charge on any atom is -0.369 e. The lowest BCUT2D eigenvalue weighted by Gasteiger charge is -2.34. The summed E-state index contributed by atoms with van der Waals surface area (Å²) in [6, 6.07) is 9.42. The molecule has 2 rings (SSSR count). The lowest BCUT2D eigenvalue weighted by atomic mass is 9.79. The number of benzene rings is 1. The monoisotopic (exact) mass is 373 g/mol. The number of hydrogen-bond acceptors (Lipinski definition) is 3. The van der Waals surface area contributed by atoms with E-state index in [0.29, 0.717) is 12.3 Å². The lowest BCUT2D eigenvalue weighted by Crippen LogP contribution is -2.42. The van der Waals surface area contributed by atoms with E-state index >= 15 is 0 Å². The van der Waals surface area contributed by atoms with Crippen molar-refractivity contribution < 1.29 is 9.59 Å². The van der Waals surface area contributed by atoms with Gasteiger partial charge in [-0.1, -0.05) is 31.0 Å². The molecule has 0 spiro atoms. The van der Waals surface area contributed by atoms with Crippen LogP contribution in [-0.4, -0.2) is 41.9 Å². The van der Waals surface area contributed by atoms with Crippen molar-refractivity contribution >= 4 is 24.1 Å². The molecular weight excluding hydrogens is 342 g/mol. The van der Waals surface area contributed by atoms with Crippen LogP contribution in [0, 0.1) is 5.92 Å². The van der Waals surface area contributed by atoms with Crippen molar-refractivity contribution in [1.82, 2.24) is 10.2 Å². The summed E-state index contributed by atoms with van der Waals surface area (Å²) in [6.45, 7) is 4.05. The van der Waals surface area contributed by atoms with E-state index in [1.807, 2.05) is 44.2 Å². The minimum atomic E-state index is -0.361. The minimum absolute atomic E-state index is 0.155. The molecule has 7 heteroatoms. The molecule has 0 radical (unpaired) electrons. The number of carbonyl (C=O) groups is 2. The molecule has 0 heterocycles. The highest BCUT2D eigenvalue weighted by molar-refractivity contribution is 5.89. The van der Waals surface area contributed by atoms with Crippen molar-refractivity contribution in [3.8, 4) is 0 Å². The fourth-order valence-corrected chi connectivity index (χ4v) is 3.68. The third-order valence-corrected chi connectivity index (χ3v) is 4.87. The summed E-state index contributed by atoms with van der Waals surface area (Å²) in [4.78, 5) is 28.8. The number of carbonyl (C=O) groups excluding carboxylic acids is 2. The molecule has 0 aliphatic heterocycles. The number of nitrogens with one attached hydrogen (secondary N) is 2. The second-order valence-electron chi connectivity index (χ2n) is 7.90. The van der Waals surface area contributed by atoms with Gasteiger partial charge in [0.25, 0.3) is 0 Å². The fourth-order valence-electron chi connectivity index (χ4n) is 3.68. The molecular formula is C20H31N5O2. The van der Waals surface area contributed by atoms with Crippen molar-refractivity contribution in [1.29, 1.82) is 0 Å². The number of para-hydroxylation sites is 1. The quantitative estimate of drug-likeness (QED) is 0.406. The van der Waals surface area contributed by atoms with Crippen molar-refractivity contribution in [2.24, 2.45) is 16.6 Å². The van der Waals surface area contributed by atoms with Crippen molar-refractivity contribution in [3.63, 3.8) is 0 Å². The van der Waals surface area contributed by atoms with Crippen molar-refractivity contribution in [2.75, 3.05) is 12.4 Å². The molecule has 1 aliphatic rings. The van der Waals surface area contributed by atoms with Gasteiger partial charge in [0.1, 0.15) is 0 Å². The van der Waals surface area contributed by atoms with E-state index in [-0.39, 0.29) is 23.6 Å². The number of anilines is 1. The first-order valence-corrected chi connectivity index (χ1v) is 9.45. The Morgan fingerprint density at radius 1 is 1.33 bits per heavy atom. The predicted octanol–water partition coefficient (Wildman–Crippen LogP) is 2.94. The zero-order valence-corrected chi connectivity index (χ0v) is 16.4. The van der Waals surface area contributed by atoms with Crippen LogP contribution in [-0.2, 0) is 4.79 Å². The maximum atomic E-state index is 12.2. The first-order valence-electron chi connectivity index (χ1n) is 9.45. The maximum Gasteiger partial charge on any atom is 0.319 e. The first kappa shape index (κ1) is 20.7. The molecule has 3 amide bonds. The van der Waals surface area contributed by atoms with Crippen LogP contribution in [0.5, 0.6) is 0 Å². The van der Waals surface area contributed by atoms with Crippen LogP contribution in [0.1, 0.15) is 46.0 Å². The van der Waals surface area contributed by atoms with Gasteiger partial charge in [0.15, 0.2) is 5.96 Å². The Hall–Kier alpha value is -2.57. The standard InChI is InChI=1S/C20H31N5O2/c1-20(2,24-18(21)25(3)14-26)13-15-8-7-11-17(12-15)23-19(27)22-16-9-5-4-6-10-16/h4-6,9-10,14-15,17H,7-8,11-13H2,1-3H3,(H2,21,24)(H2,22,23,27)/t15-,17+/m0/s1. The van der Waals surface area contributed by atoms with E-state index in [1.165, 1.54) is 4.90 Å². The molecule has 0 aromatic heterocycles. The Balaban J connectivity index is 1.87. The summed E-state index contributed by atoms with van der Waals surface area (Å²) in [6.07, 6.45) is 5.61. The Morgan fingerprint density at radius 3 is 2.70 bits per heavy atom. The second-order valence-corrected chi connectivity index (χ2v) is 7.90. The molecule has 1 fully saturated rings. The zero-order valence-electron chi connectivity index (χ0n) is 16.4. The normalized spacial score (nSPS) is 20.6. The van der Waals surface area contributed by atoms with Crippen LogP contribution >= 0.6 is 0 Å². The highest BCUT2D eigenvalue weighted by atomic mass is 16.2. The lowest BCUT2D eigenvalue weighted by molar-refractivity contribution is -0.114. The van der Waals surface area contributed by atoms with Gasteiger partial charge in [-0.05, 0) is 51.2 Å². The Bertz CT molecular complexity index is 660. The van der Waals surface area contributed by atoms with Gasteiger partial charge in [0.05, 0.1) is 5.54 Å². The zero-order chi connectivity index (χ0) is 19.9. The molecule has 0 bridgehead atoms. The number of hydrogen-bond donors (Lipinski definition) is 3. The van der Waals surface area contributed by atoms with Gasteiger partial charge >= 0.3 is 6.03 Å². The summed E-state index contributed by atoms with van der Waals surface area (Å²) in [7, 11) is 1.59. The van der Waals surface area contributed by atoms with Gasteiger partial charge in [-0.2, -0.15) is 0 Å². The Labute approximate surface area is 161 Å². The van der Waals surface area contributed by atoms with Crippen LogP contribution in [0.3, 0.4) is 0 Å². The molecule has 27 heavy (non-hydrogen) atoms. The third kappa shape index (κ3) is 6.92. The van der Waals surface area contributed by atoms with Gasteiger partial charge in [0, 0.05) is 18.8 Å². The van der Waals surface area contributed by atoms with Crippen LogP contribution in [0.4, 0.5) is 10.5 Å². The van der Waals surface area contributed by atoms with Gasteiger partial charge in [-0.15, -0.1) is 0 Å². The number of urea groups is 1. The maximum absolute atomic E-state index is 12.2. The summed E-state index contributed by atoms with van der Waals surface area (Å²) in [5.74, 6) is 0.677. The Morgan fingerprint density at radius 2 is 2.04 bits per heavy atom. The first-order chi connectivity index (χ1) is 12.8. The largest absolute Gasteiger partial charge is 0.369 e. The van der Waals surface area contributed by atoms with Gasteiger partial charge in [-0.25, -0.2) is 9.79 Å². The molecule has 0 saturated heterocycles. The number of rotatable bonds is 6. The van der Waals surface area contributed by atoms with E-state index in [9.17, 15) is 9.59 Å². The van der Waals surface area contributed by atoms with Crippen LogP contribution < -0.4 is 16.4 Å². The highest BCUT2D eigenvalue weighted by Gasteiger charge is 2.29. The highest BCUT2D eigenvalue weighted by Crippen LogP contribution is 2.32. The van der Waals surface area contributed by atoms with E-state index in [1.54, 1.807) is 7.05 Å². The number of guanidine groups is 1. The second kappa shape index (κ2) is 9.39. The van der Waals surface area contributed by atoms with E-state index in [4.69, 9.17) is 5.73 Å². The number of amides is 3. The van der Waals surface area contributed by atoms with Gasteiger partial charge in [0.2, 0.25) is 6.41 Å². The fraction of sp³-hybridized carbons (Fsp3) is 0.550. The predicted molar refractivity (Wildman–Crippen MR) is 108 cm³/mol. The SMILES string of the molecule is CN(C=O)C(N)=NC(C)(C)C[C@H]1CCC[C@@H](NC(=O)Nc2ccccc2)C1. The molecule has 7 nitrogen and oxygen atoms in total. The molecule has 0 unspecified atom stereocenters. The molecule has 1 aromatic carbocycles. The average molecular weight is 374 g/mol. The molecule has 2 atom stereocenters. The van der Waals surface area contributed by atoms with E-state index < -0.39 is 0 Å². The molecule has 148 valence electrons. The summed E-state index contributed by atoms with van der Waals surface area (Å²) in [5, 5.41) is 5.96. The van der Waals surface area contributed by atoms with E-state index in [0.717, 1.165) is 37.8 Å². The number of nitrogens with zero attached hydrogens (tertiary/aromatic N) is 2. The smallest absolute Gasteiger partial charge is 0.319 e.